The van der Waals surface area contributed by atoms with Crippen LogP contribution < -0.4 is 5.32 Å². The van der Waals surface area contributed by atoms with Crippen LogP contribution in [0.25, 0.3) is 16.9 Å². The van der Waals surface area contributed by atoms with Gasteiger partial charge in [-0.05, 0) is 66.8 Å². The molecule has 0 saturated carbocycles. The number of halogens is 1. The van der Waals surface area contributed by atoms with E-state index in [4.69, 9.17) is 0 Å². The molecule has 0 saturated heterocycles. The predicted molar refractivity (Wildman–Crippen MR) is 119 cm³/mol. The minimum Gasteiger partial charge on any atom is -0.346 e. The maximum absolute atomic E-state index is 13.8. The highest BCUT2D eigenvalue weighted by molar-refractivity contribution is 7.98. The van der Waals surface area contributed by atoms with Gasteiger partial charge in [-0.25, -0.2) is 9.07 Å². The van der Waals surface area contributed by atoms with Gasteiger partial charge in [0.05, 0.1) is 5.69 Å². The summed E-state index contributed by atoms with van der Waals surface area (Å²) in [5, 5.41) is 11.2. The van der Waals surface area contributed by atoms with E-state index in [0.717, 1.165) is 10.5 Å². The number of carbonyl (C=O) groups is 1. The van der Waals surface area contributed by atoms with Gasteiger partial charge >= 0.3 is 0 Å². The largest absolute Gasteiger partial charge is 0.346 e. The van der Waals surface area contributed by atoms with Crippen molar-refractivity contribution in [3.8, 4) is 16.9 Å². The number of pyridine rings is 1. The quantitative estimate of drug-likeness (QED) is 0.456. The molecule has 1 amide bonds. The molecule has 31 heavy (non-hydrogen) atoms. The van der Waals surface area contributed by atoms with Crippen molar-refractivity contribution in [2.24, 2.45) is 0 Å². The lowest BCUT2D eigenvalue weighted by Crippen LogP contribution is -2.24. The highest BCUT2D eigenvalue weighted by Gasteiger charge is 2.22. The molecule has 0 aliphatic carbocycles. The number of rotatable bonds is 6. The van der Waals surface area contributed by atoms with E-state index >= 15 is 0 Å². The van der Waals surface area contributed by atoms with Gasteiger partial charge < -0.3 is 5.32 Å². The molecule has 2 heterocycles. The van der Waals surface area contributed by atoms with Crippen molar-refractivity contribution in [3.05, 3.63) is 89.6 Å². The third-order valence-corrected chi connectivity index (χ3v) is 5.56. The minimum absolute atomic E-state index is 0.177. The van der Waals surface area contributed by atoms with E-state index in [1.54, 1.807) is 49.3 Å². The fourth-order valence-corrected chi connectivity index (χ4v) is 3.56. The van der Waals surface area contributed by atoms with Crippen molar-refractivity contribution in [1.29, 1.82) is 0 Å². The maximum atomic E-state index is 13.8. The van der Waals surface area contributed by atoms with Crippen LogP contribution in [0.5, 0.6) is 0 Å². The Kier molecular flexibility index (Phi) is 6.08. The Morgan fingerprint density at radius 1 is 1.16 bits per heavy atom. The monoisotopic (exact) mass is 433 g/mol. The zero-order valence-electron chi connectivity index (χ0n) is 17.0. The molecule has 0 aliphatic rings. The molecule has 0 spiro atoms. The Balaban J connectivity index is 1.67. The van der Waals surface area contributed by atoms with Gasteiger partial charge in [-0.15, -0.1) is 16.9 Å². The van der Waals surface area contributed by atoms with E-state index in [-0.39, 0.29) is 17.4 Å². The number of aromatic nitrogens is 4. The Morgan fingerprint density at radius 3 is 2.65 bits per heavy atom. The van der Waals surface area contributed by atoms with Crippen molar-refractivity contribution < 1.29 is 9.18 Å². The predicted octanol–water partition coefficient (Wildman–Crippen LogP) is 4.43. The van der Waals surface area contributed by atoms with Crippen LogP contribution in [0, 0.1) is 12.7 Å². The van der Waals surface area contributed by atoms with Crippen molar-refractivity contribution in [2.45, 2.75) is 18.4 Å². The number of aryl methyl sites for hydroxylation is 1. The lowest BCUT2D eigenvalue weighted by Gasteiger charge is -2.10. The fraction of sp³-hybridized carbons (Fsp3) is 0.130. The summed E-state index contributed by atoms with van der Waals surface area (Å²) in [7, 11) is 0. The highest BCUT2D eigenvalue weighted by atomic mass is 32.2. The Morgan fingerprint density at radius 2 is 1.97 bits per heavy atom. The fourth-order valence-electron chi connectivity index (χ4n) is 3.15. The first-order valence-corrected chi connectivity index (χ1v) is 10.8. The second-order valence-corrected chi connectivity index (χ2v) is 7.78. The molecule has 156 valence electrons. The molecule has 1 N–H and O–H groups in total. The molecular formula is C23H20FN5OS. The Bertz CT molecular complexity index is 1210. The van der Waals surface area contributed by atoms with Crippen molar-refractivity contribution in [3.63, 3.8) is 0 Å². The summed E-state index contributed by atoms with van der Waals surface area (Å²) in [6.45, 7) is 2.04. The van der Waals surface area contributed by atoms with Crippen molar-refractivity contribution in [2.75, 3.05) is 6.26 Å². The van der Waals surface area contributed by atoms with E-state index < -0.39 is 0 Å². The molecule has 2 aromatic heterocycles. The topological polar surface area (TPSA) is 72.7 Å². The van der Waals surface area contributed by atoms with Gasteiger partial charge in [0.15, 0.2) is 5.69 Å². The summed E-state index contributed by atoms with van der Waals surface area (Å²) in [4.78, 5) is 18.3. The summed E-state index contributed by atoms with van der Waals surface area (Å²) in [5.74, 6) is -0.657. The summed E-state index contributed by atoms with van der Waals surface area (Å²) >= 11 is 1.66. The van der Waals surface area contributed by atoms with Gasteiger partial charge in [0.25, 0.3) is 5.91 Å². The minimum atomic E-state index is -0.349. The number of carbonyl (C=O) groups excluding carboxylic acids is 1. The molecule has 0 aliphatic heterocycles. The van der Waals surface area contributed by atoms with E-state index in [1.807, 2.05) is 36.6 Å². The Labute approximate surface area is 183 Å². The van der Waals surface area contributed by atoms with Crippen LogP contribution in [0.4, 0.5) is 4.39 Å². The first kappa shape index (κ1) is 20.7. The molecule has 0 bridgehead atoms. The molecule has 8 heteroatoms. The van der Waals surface area contributed by atoms with Gasteiger partial charge in [-0.2, -0.15) is 0 Å². The number of thioether (sulfide) groups is 1. The summed E-state index contributed by atoms with van der Waals surface area (Å²) in [6.07, 6.45) is 5.31. The lowest BCUT2D eigenvalue weighted by molar-refractivity contribution is 0.0946. The van der Waals surface area contributed by atoms with Gasteiger partial charge in [-0.1, -0.05) is 17.3 Å². The third kappa shape index (κ3) is 4.49. The number of benzene rings is 2. The second kappa shape index (κ2) is 9.09. The summed E-state index contributed by atoms with van der Waals surface area (Å²) in [5.41, 5.74) is 3.42. The summed E-state index contributed by atoms with van der Waals surface area (Å²) < 4.78 is 15.3. The van der Waals surface area contributed by atoms with E-state index in [0.29, 0.717) is 29.1 Å². The van der Waals surface area contributed by atoms with Gasteiger partial charge in [-0.3, -0.25) is 9.78 Å². The van der Waals surface area contributed by atoms with E-state index in [9.17, 15) is 9.18 Å². The molecule has 0 radical (unpaired) electrons. The van der Waals surface area contributed by atoms with Crippen LogP contribution in [-0.2, 0) is 6.54 Å². The third-order valence-electron chi connectivity index (χ3n) is 4.82. The molecule has 6 nitrogen and oxygen atoms in total. The number of hydrogen-bond acceptors (Lipinski definition) is 5. The van der Waals surface area contributed by atoms with E-state index in [1.165, 1.54) is 10.7 Å². The maximum Gasteiger partial charge on any atom is 0.274 e. The molecule has 0 unspecified atom stereocenters. The number of nitrogens with zero attached hydrogens (tertiary/aromatic N) is 4. The number of hydrogen-bond donors (Lipinski definition) is 1. The van der Waals surface area contributed by atoms with Crippen LogP contribution in [0.15, 0.2) is 71.9 Å². The van der Waals surface area contributed by atoms with E-state index in [2.05, 4.69) is 20.6 Å². The average molecular weight is 434 g/mol. The molecule has 0 atom stereocenters. The number of amides is 1. The van der Waals surface area contributed by atoms with Crippen LogP contribution in [0.1, 0.15) is 21.6 Å². The first-order chi connectivity index (χ1) is 15.1. The first-order valence-electron chi connectivity index (χ1n) is 9.60. The Hall–Kier alpha value is -3.52. The van der Waals surface area contributed by atoms with Gasteiger partial charge in [0.1, 0.15) is 11.5 Å². The molecule has 4 aromatic rings. The standard InChI is InChI=1S/C23H20FN5OS/c1-15-12-18(7-10-20(15)24)29-22(17-4-3-11-25-14-17)21(27-28-29)23(30)26-13-16-5-8-19(31-2)9-6-16/h3-12,14H,13H2,1-2H3,(H,26,30). The lowest BCUT2D eigenvalue weighted by atomic mass is 10.1. The zero-order valence-corrected chi connectivity index (χ0v) is 17.9. The SMILES string of the molecule is CSc1ccc(CNC(=O)c2nnn(-c3ccc(F)c(C)c3)c2-c2cccnc2)cc1. The molecule has 2 aromatic carbocycles. The second-order valence-electron chi connectivity index (χ2n) is 6.90. The van der Waals surface area contributed by atoms with Gasteiger partial charge in [0.2, 0.25) is 0 Å². The molecule has 4 rings (SSSR count). The normalized spacial score (nSPS) is 10.8. The molecule has 0 fully saturated rings. The smallest absolute Gasteiger partial charge is 0.274 e. The average Bonchev–Trinajstić information content (AvgIpc) is 3.25. The van der Waals surface area contributed by atoms with Crippen molar-refractivity contribution in [1.82, 2.24) is 25.3 Å². The highest BCUT2D eigenvalue weighted by Crippen LogP contribution is 2.25. The van der Waals surface area contributed by atoms with Crippen molar-refractivity contribution >= 4 is 17.7 Å². The number of nitrogens with one attached hydrogen (secondary N) is 1. The van der Waals surface area contributed by atoms with Crippen LogP contribution in [0.2, 0.25) is 0 Å². The van der Waals surface area contributed by atoms with Crippen LogP contribution in [0.3, 0.4) is 0 Å². The zero-order chi connectivity index (χ0) is 21.8. The van der Waals surface area contributed by atoms with Gasteiger partial charge in [0, 0.05) is 29.4 Å². The molecular weight excluding hydrogens is 413 g/mol. The summed E-state index contributed by atoms with van der Waals surface area (Å²) in [6, 6.07) is 16.2. The van der Waals surface area contributed by atoms with Crippen LogP contribution >= 0.6 is 11.8 Å². The van der Waals surface area contributed by atoms with Crippen LogP contribution in [-0.4, -0.2) is 32.1 Å².